The van der Waals surface area contributed by atoms with E-state index in [-0.39, 0.29) is 12.5 Å². The van der Waals surface area contributed by atoms with E-state index in [9.17, 15) is 9.59 Å². The van der Waals surface area contributed by atoms with Gasteiger partial charge in [-0.3, -0.25) is 4.79 Å². The summed E-state index contributed by atoms with van der Waals surface area (Å²) in [6, 6.07) is -0.784. The van der Waals surface area contributed by atoms with Gasteiger partial charge in [0.05, 0.1) is 6.54 Å². The van der Waals surface area contributed by atoms with Gasteiger partial charge in [-0.25, -0.2) is 4.79 Å². The van der Waals surface area contributed by atoms with Gasteiger partial charge in [0, 0.05) is 6.54 Å². The maximum atomic E-state index is 11.2. The molecular formula is C10H18N2O3. The fraction of sp³-hybridized carbons (Fsp3) is 0.600. The second-order valence-electron chi connectivity index (χ2n) is 3.17. The second-order valence-corrected chi connectivity index (χ2v) is 3.17. The Morgan fingerprint density at radius 3 is 2.67 bits per heavy atom. The molecule has 0 aromatic heterocycles. The number of hydrogen-bond donors (Lipinski definition) is 3. The third-order valence-corrected chi connectivity index (χ3v) is 1.78. The zero-order valence-electron chi connectivity index (χ0n) is 8.95. The van der Waals surface area contributed by atoms with Crippen LogP contribution in [0.15, 0.2) is 12.7 Å². The molecular weight excluding hydrogens is 196 g/mol. The average Bonchev–Trinajstić information content (AvgIpc) is 2.17. The van der Waals surface area contributed by atoms with Gasteiger partial charge in [-0.15, -0.1) is 6.58 Å². The highest BCUT2D eigenvalue weighted by Crippen LogP contribution is 1.96. The Kier molecular flexibility index (Phi) is 7.27. The lowest BCUT2D eigenvalue weighted by Crippen LogP contribution is -2.44. The topological polar surface area (TPSA) is 78.4 Å². The van der Waals surface area contributed by atoms with Gasteiger partial charge in [0.1, 0.15) is 6.04 Å². The van der Waals surface area contributed by atoms with Gasteiger partial charge in [-0.1, -0.05) is 19.4 Å². The second kappa shape index (κ2) is 7.99. The van der Waals surface area contributed by atoms with Gasteiger partial charge in [-0.2, -0.15) is 0 Å². The third-order valence-electron chi connectivity index (χ3n) is 1.78. The van der Waals surface area contributed by atoms with Crippen LogP contribution in [0.1, 0.15) is 19.8 Å². The molecule has 15 heavy (non-hydrogen) atoms. The number of carboxylic acid groups (broad SMARTS) is 1. The number of carboxylic acids is 1. The first-order valence-electron chi connectivity index (χ1n) is 4.95. The third kappa shape index (κ3) is 6.68. The first-order chi connectivity index (χ1) is 7.11. The highest BCUT2D eigenvalue weighted by molar-refractivity contribution is 5.84. The van der Waals surface area contributed by atoms with E-state index in [2.05, 4.69) is 17.2 Å². The van der Waals surface area contributed by atoms with Crippen LogP contribution in [-0.2, 0) is 9.59 Å². The molecule has 3 N–H and O–H groups in total. The Labute approximate surface area is 89.6 Å². The molecule has 0 aromatic carbocycles. The van der Waals surface area contributed by atoms with Crippen LogP contribution >= 0.6 is 0 Å². The Morgan fingerprint density at radius 1 is 1.53 bits per heavy atom. The van der Waals surface area contributed by atoms with E-state index in [1.54, 1.807) is 6.08 Å². The molecule has 0 aliphatic heterocycles. The summed E-state index contributed by atoms with van der Waals surface area (Å²) in [4.78, 5) is 21.9. The van der Waals surface area contributed by atoms with Crippen molar-refractivity contribution in [2.75, 3.05) is 13.1 Å². The number of carbonyl (C=O) groups is 2. The summed E-state index contributed by atoms with van der Waals surface area (Å²) in [5.74, 6) is -1.30. The molecule has 0 aliphatic rings. The Balaban J connectivity index is 3.88. The van der Waals surface area contributed by atoms with Crippen molar-refractivity contribution in [1.82, 2.24) is 10.6 Å². The van der Waals surface area contributed by atoms with E-state index >= 15 is 0 Å². The average molecular weight is 214 g/mol. The Bertz CT molecular complexity index is 229. The first kappa shape index (κ1) is 13.6. The molecule has 86 valence electrons. The minimum atomic E-state index is -0.992. The van der Waals surface area contributed by atoms with Gasteiger partial charge in [0.2, 0.25) is 5.91 Å². The van der Waals surface area contributed by atoms with E-state index in [1.807, 2.05) is 6.92 Å². The smallest absolute Gasteiger partial charge is 0.326 e. The number of amides is 1. The lowest BCUT2D eigenvalue weighted by atomic mass is 10.1. The molecule has 5 nitrogen and oxygen atoms in total. The van der Waals surface area contributed by atoms with Crippen molar-refractivity contribution in [3.8, 4) is 0 Å². The maximum Gasteiger partial charge on any atom is 0.326 e. The van der Waals surface area contributed by atoms with Crippen LogP contribution in [0.4, 0.5) is 0 Å². The summed E-state index contributed by atoms with van der Waals surface area (Å²) >= 11 is 0. The predicted molar refractivity (Wildman–Crippen MR) is 57.5 cm³/mol. The van der Waals surface area contributed by atoms with Crippen LogP contribution in [0.2, 0.25) is 0 Å². The standard InChI is InChI=1S/C10H18N2O3/c1-3-5-8(10(14)15)12-9(13)7-11-6-4-2/h4,8,11H,2-3,5-7H2,1H3,(H,12,13)(H,14,15)/t8-/m1/s1. The monoisotopic (exact) mass is 214 g/mol. The van der Waals surface area contributed by atoms with Crippen LogP contribution in [0.3, 0.4) is 0 Å². The largest absolute Gasteiger partial charge is 0.480 e. The summed E-state index contributed by atoms with van der Waals surface area (Å²) in [7, 11) is 0. The van der Waals surface area contributed by atoms with Crippen molar-refractivity contribution in [2.45, 2.75) is 25.8 Å². The lowest BCUT2D eigenvalue weighted by Gasteiger charge is -2.13. The zero-order valence-corrected chi connectivity index (χ0v) is 8.95. The van der Waals surface area contributed by atoms with E-state index in [0.29, 0.717) is 13.0 Å². The van der Waals surface area contributed by atoms with Crippen LogP contribution in [0.5, 0.6) is 0 Å². The highest BCUT2D eigenvalue weighted by atomic mass is 16.4. The van der Waals surface area contributed by atoms with Crippen molar-refractivity contribution in [1.29, 1.82) is 0 Å². The quantitative estimate of drug-likeness (QED) is 0.396. The summed E-state index contributed by atoms with van der Waals surface area (Å²) < 4.78 is 0. The van der Waals surface area contributed by atoms with Gasteiger partial charge in [0.15, 0.2) is 0 Å². The van der Waals surface area contributed by atoms with E-state index < -0.39 is 12.0 Å². The highest BCUT2D eigenvalue weighted by Gasteiger charge is 2.17. The predicted octanol–water partition coefficient (Wildman–Crippen LogP) is 0.131. The molecule has 0 fully saturated rings. The lowest BCUT2D eigenvalue weighted by molar-refractivity contribution is -0.141. The number of nitrogens with one attached hydrogen (secondary N) is 2. The molecule has 0 rings (SSSR count). The molecule has 0 aliphatic carbocycles. The van der Waals surface area contributed by atoms with Crippen LogP contribution in [-0.4, -0.2) is 36.1 Å². The molecule has 0 unspecified atom stereocenters. The number of carbonyl (C=O) groups excluding carboxylic acids is 1. The summed E-state index contributed by atoms with van der Waals surface area (Å²) in [6.07, 6.45) is 2.80. The zero-order chi connectivity index (χ0) is 11.7. The summed E-state index contributed by atoms with van der Waals surface area (Å²) in [5.41, 5.74) is 0. The fourth-order valence-electron chi connectivity index (χ4n) is 1.08. The van der Waals surface area contributed by atoms with Crippen LogP contribution < -0.4 is 10.6 Å². The molecule has 0 heterocycles. The van der Waals surface area contributed by atoms with E-state index in [0.717, 1.165) is 6.42 Å². The Morgan fingerprint density at radius 2 is 2.20 bits per heavy atom. The van der Waals surface area contributed by atoms with Crippen molar-refractivity contribution in [2.24, 2.45) is 0 Å². The molecule has 1 amide bonds. The van der Waals surface area contributed by atoms with Crippen molar-refractivity contribution in [3.63, 3.8) is 0 Å². The minimum Gasteiger partial charge on any atom is -0.480 e. The maximum absolute atomic E-state index is 11.2. The van der Waals surface area contributed by atoms with Crippen molar-refractivity contribution >= 4 is 11.9 Å². The van der Waals surface area contributed by atoms with Gasteiger partial charge in [0.25, 0.3) is 0 Å². The minimum absolute atomic E-state index is 0.111. The van der Waals surface area contributed by atoms with Crippen LogP contribution in [0.25, 0.3) is 0 Å². The SMILES string of the molecule is C=CCNCC(=O)N[C@H](CCC)C(=O)O. The molecule has 1 atom stereocenters. The molecule has 0 bridgehead atoms. The Hall–Kier alpha value is -1.36. The van der Waals surface area contributed by atoms with Gasteiger partial charge < -0.3 is 15.7 Å². The molecule has 5 heteroatoms. The van der Waals surface area contributed by atoms with Gasteiger partial charge in [-0.05, 0) is 6.42 Å². The first-order valence-corrected chi connectivity index (χ1v) is 4.95. The molecule has 0 radical (unpaired) electrons. The molecule has 0 saturated heterocycles. The number of hydrogen-bond acceptors (Lipinski definition) is 3. The molecule has 0 aromatic rings. The van der Waals surface area contributed by atoms with Crippen molar-refractivity contribution < 1.29 is 14.7 Å². The normalized spacial score (nSPS) is 11.8. The van der Waals surface area contributed by atoms with Crippen LogP contribution in [0, 0.1) is 0 Å². The van der Waals surface area contributed by atoms with Gasteiger partial charge >= 0.3 is 5.97 Å². The van der Waals surface area contributed by atoms with Crippen molar-refractivity contribution in [3.05, 3.63) is 12.7 Å². The summed E-state index contributed by atoms with van der Waals surface area (Å²) in [5, 5.41) is 14.0. The number of rotatable bonds is 8. The van der Waals surface area contributed by atoms with E-state index in [1.165, 1.54) is 0 Å². The van der Waals surface area contributed by atoms with E-state index in [4.69, 9.17) is 5.11 Å². The molecule has 0 saturated carbocycles. The number of aliphatic carboxylic acids is 1. The molecule has 0 spiro atoms. The summed E-state index contributed by atoms with van der Waals surface area (Å²) in [6.45, 7) is 6.00. The fourth-order valence-corrected chi connectivity index (χ4v) is 1.08.